The maximum Gasteiger partial charge on any atom is 0.356 e. The van der Waals surface area contributed by atoms with E-state index in [0.29, 0.717) is 11.7 Å². The highest BCUT2D eigenvalue weighted by Crippen LogP contribution is 2.22. The van der Waals surface area contributed by atoms with Crippen molar-refractivity contribution in [3.05, 3.63) is 24.0 Å². The number of carbonyl (C=O) groups excluding carboxylic acids is 1. The Bertz CT molecular complexity index is 414. The molecule has 1 aromatic heterocycles. The predicted molar refractivity (Wildman–Crippen MR) is 67.5 cm³/mol. The standard InChI is InChI=1S/C13H18N2O3/c1-18-13(17)12-8-10(6-7-14-12)15-9-2-4-11(16)5-3-9/h6-9,11,16H,2-5H2,1H3,(H,14,15). The third-order valence-corrected chi connectivity index (χ3v) is 3.22. The average molecular weight is 250 g/mol. The van der Waals surface area contributed by atoms with Crippen LogP contribution in [0.1, 0.15) is 36.2 Å². The Morgan fingerprint density at radius 2 is 2.17 bits per heavy atom. The SMILES string of the molecule is COC(=O)c1cc(NC2CCC(O)CC2)ccn1. The average Bonchev–Trinajstić information content (AvgIpc) is 2.41. The highest BCUT2D eigenvalue weighted by molar-refractivity contribution is 5.88. The molecule has 18 heavy (non-hydrogen) atoms. The molecule has 1 heterocycles. The van der Waals surface area contributed by atoms with E-state index in [1.165, 1.54) is 7.11 Å². The number of aliphatic hydroxyl groups excluding tert-OH is 1. The first-order chi connectivity index (χ1) is 8.69. The third-order valence-electron chi connectivity index (χ3n) is 3.22. The van der Waals surface area contributed by atoms with Gasteiger partial charge >= 0.3 is 5.97 Å². The van der Waals surface area contributed by atoms with Gasteiger partial charge in [0, 0.05) is 17.9 Å². The van der Waals surface area contributed by atoms with E-state index in [1.807, 2.05) is 6.07 Å². The normalized spacial score (nSPS) is 23.4. The minimum Gasteiger partial charge on any atom is -0.464 e. The van der Waals surface area contributed by atoms with Crippen molar-refractivity contribution in [1.29, 1.82) is 0 Å². The number of methoxy groups -OCH3 is 1. The van der Waals surface area contributed by atoms with Crippen molar-refractivity contribution in [1.82, 2.24) is 4.98 Å². The van der Waals surface area contributed by atoms with Gasteiger partial charge in [-0.15, -0.1) is 0 Å². The van der Waals surface area contributed by atoms with Crippen molar-refractivity contribution in [2.45, 2.75) is 37.8 Å². The van der Waals surface area contributed by atoms with Gasteiger partial charge in [0.25, 0.3) is 0 Å². The molecular formula is C13H18N2O3. The molecule has 0 radical (unpaired) electrons. The Morgan fingerprint density at radius 1 is 1.44 bits per heavy atom. The van der Waals surface area contributed by atoms with Crippen LogP contribution in [-0.2, 0) is 4.74 Å². The zero-order valence-corrected chi connectivity index (χ0v) is 10.4. The lowest BCUT2D eigenvalue weighted by molar-refractivity contribution is 0.0594. The van der Waals surface area contributed by atoms with Crippen LogP contribution < -0.4 is 5.32 Å². The number of rotatable bonds is 3. The monoisotopic (exact) mass is 250 g/mol. The summed E-state index contributed by atoms with van der Waals surface area (Å²) in [6, 6.07) is 3.87. The fourth-order valence-electron chi connectivity index (χ4n) is 2.19. The molecule has 0 amide bonds. The minimum absolute atomic E-state index is 0.161. The molecule has 1 saturated carbocycles. The van der Waals surface area contributed by atoms with Crippen molar-refractivity contribution in [3.8, 4) is 0 Å². The molecule has 0 bridgehead atoms. The number of esters is 1. The maximum atomic E-state index is 11.4. The fraction of sp³-hybridized carbons (Fsp3) is 0.538. The highest BCUT2D eigenvalue weighted by atomic mass is 16.5. The highest BCUT2D eigenvalue weighted by Gasteiger charge is 2.19. The van der Waals surface area contributed by atoms with Gasteiger partial charge in [-0.3, -0.25) is 0 Å². The zero-order chi connectivity index (χ0) is 13.0. The summed E-state index contributed by atoms with van der Waals surface area (Å²) >= 11 is 0. The van der Waals surface area contributed by atoms with Gasteiger partial charge in [0.2, 0.25) is 0 Å². The van der Waals surface area contributed by atoms with E-state index in [9.17, 15) is 9.90 Å². The Labute approximate surface area is 106 Å². The number of nitrogens with one attached hydrogen (secondary N) is 1. The van der Waals surface area contributed by atoms with Crippen molar-refractivity contribution in [3.63, 3.8) is 0 Å². The molecule has 0 aromatic carbocycles. The quantitative estimate of drug-likeness (QED) is 0.797. The zero-order valence-electron chi connectivity index (χ0n) is 10.4. The van der Waals surface area contributed by atoms with E-state index in [4.69, 9.17) is 0 Å². The van der Waals surface area contributed by atoms with E-state index < -0.39 is 5.97 Å². The van der Waals surface area contributed by atoms with Crippen molar-refractivity contribution < 1.29 is 14.6 Å². The van der Waals surface area contributed by atoms with Gasteiger partial charge in [-0.1, -0.05) is 0 Å². The molecule has 0 aliphatic heterocycles. The van der Waals surface area contributed by atoms with Crippen molar-refractivity contribution >= 4 is 11.7 Å². The van der Waals surface area contributed by atoms with E-state index in [0.717, 1.165) is 31.4 Å². The second-order valence-corrected chi connectivity index (χ2v) is 4.57. The van der Waals surface area contributed by atoms with Crippen LogP contribution in [0.3, 0.4) is 0 Å². The molecule has 5 nitrogen and oxygen atoms in total. The van der Waals surface area contributed by atoms with E-state index in [2.05, 4.69) is 15.0 Å². The van der Waals surface area contributed by atoms with Crippen LogP contribution in [-0.4, -0.2) is 35.3 Å². The molecule has 0 spiro atoms. The molecule has 1 aromatic rings. The van der Waals surface area contributed by atoms with Crippen LogP contribution in [0.25, 0.3) is 0 Å². The number of carbonyl (C=O) groups is 1. The van der Waals surface area contributed by atoms with Crippen molar-refractivity contribution in [2.75, 3.05) is 12.4 Å². The van der Waals surface area contributed by atoms with Gasteiger partial charge in [-0.25, -0.2) is 9.78 Å². The molecule has 1 aliphatic carbocycles. The number of aromatic nitrogens is 1. The van der Waals surface area contributed by atoms with Gasteiger partial charge in [0.05, 0.1) is 13.2 Å². The summed E-state index contributed by atoms with van der Waals surface area (Å²) in [4.78, 5) is 15.3. The molecule has 2 N–H and O–H groups in total. The van der Waals surface area contributed by atoms with Gasteiger partial charge in [-0.2, -0.15) is 0 Å². The van der Waals surface area contributed by atoms with E-state index in [-0.39, 0.29) is 6.10 Å². The Hall–Kier alpha value is -1.62. The number of aliphatic hydroxyl groups is 1. The van der Waals surface area contributed by atoms with Gasteiger partial charge in [0.15, 0.2) is 0 Å². The topological polar surface area (TPSA) is 71.5 Å². The molecule has 98 valence electrons. The van der Waals surface area contributed by atoms with Crippen LogP contribution in [0.5, 0.6) is 0 Å². The van der Waals surface area contributed by atoms with Gasteiger partial charge < -0.3 is 15.2 Å². The molecule has 0 unspecified atom stereocenters. The maximum absolute atomic E-state index is 11.4. The predicted octanol–water partition coefficient (Wildman–Crippen LogP) is 1.58. The molecule has 0 atom stereocenters. The molecule has 5 heteroatoms. The Kier molecular flexibility index (Phi) is 4.15. The summed E-state index contributed by atoms with van der Waals surface area (Å²) in [5, 5.41) is 12.8. The molecular weight excluding hydrogens is 232 g/mol. The minimum atomic E-state index is -0.433. The smallest absolute Gasteiger partial charge is 0.356 e. The first-order valence-corrected chi connectivity index (χ1v) is 6.18. The second kappa shape index (κ2) is 5.82. The summed E-state index contributed by atoms with van der Waals surface area (Å²) < 4.78 is 4.63. The Balaban J connectivity index is 1.99. The lowest BCUT2D eigenvalue weighted by Crippen LogP contribution is -2.28. The van der Waals surface area contributed by atoms with Gasteiger partial charge in [0.1, 0.15) is 5.69 Å². The van der Waals surface area contributed by atoms with Crippen LogP contribution in [0.15, 0.2) is 18.3 Å². The summed E-state index contributed by atoms with van der Waals surface area (Å²) in [7, 11) is 1.34. The first-order valence-electron chi connectivity index (χ1n) is 6.18. The summed E-state index contributed by atoms with van der Waals surface area (Å²) in [6.45, 7) is 0. The number of hydrogen-bond acceptors (Lipinski definition) is 5. The van der Waals surface area contributed by atoms with Crippen LogP contribution in [0.2, 0.25) is 0 Å². The van der Waals surface area contributed by atoms with E-state index >= 15 is 0 Å². The number of ether oxygens (including phenoxy) is 1. The summed E-state index contributed by atoms with van der Waals surface area (Å²) in [5.41, 5.74) is 1.17. The lowest BCUT2D eigenvalue weighted by Gasteiger charge is -2.27. The van der Waals surface area contributed by atoms with Crippen LogP contribution in [0.4, 0.5) is 5.69 Å². The first kappa shape index (κ1) is 12.8. The van der Waals surface area contributed by atoms with E-state index in [1.54, 1.807) is 12.3 Å². The second-order valence-electron chi connectivity index (χ2n) is 4.57. The molecule has 1 aliphatic rings. The van der Waals surface area contributed by atoms with Gasteiger partial charge in [-0.05, 0) is 37.8 Å². The third kappa shape index (κ3) is 3.20. The number of anilines is 1. The fourth-order valence-corrected chi connectivity index (χ4v) is 2.19. The Morgan fingerprint density at radius 3 is 2.83 bits per heavy atom. The largest absolute Gasteiger partial charge is 0.464 e. The van der Waals surface area contributed by atoms with Crippen LogP contribution in [0, 0.1) is 0 Å². The molecule has 2 rings (SSSR count). The molecule has 1 fully saturated rings. The lowest BCUT2D eigenvalue weighted by atomic mass is 9.93. The number of nitrogens with zero attached hydrogens (tertiary/aromatic N) is 1. The summed E-state index contributed by atoms with van der Waals surface area (Å²) in [5.74, 6) is -0.433. The number of hydrogen-bond donors (Lipinski definition) is 2. The van der Waals surface area contributed by atoms with Crippen molar-refractivity contribution in [2.24, 2.45) is 0 Å². The summed E-state index contributed by atoms with van der Waals surface area (Å²) in [6.07, 6.45) is 4.96. The van der Waals surface area contributed by atoms with Crippen LogP contribution >= 0.6 is 0 Å². The molecule has 0 saturated heterocycles. The number of pyridine rings is 1.